The number of pyridine rings is 1. The van der Waals surface area contributed by atoms with E-state index in [0.717, 1.165) is 6.07 Å². The molecule has 0 amide bonds. The minimum absolute atomic E-state index is 0.0114. The molecule has 0 fully saturated rings. The SMILES string of the molecule is CCOC(=O)C(C)Oc1ccc(-c2ncc(C(F)(F)F)cc2Cl)cc1O. The van der Waals surface area contributed by atoms with Crippen LogP contribution in [0.4, 0.5) is 13.2 Å². The molecule has 0 spiro atoms. The van der Waals surface area contributed by atoms with E-state index >= 15 is 0 Å². The Hall–Kier alpha value is -2.48. The van der Waals surface area contributed by atoms with E-state index in [0.29, 0.717) is 6.20 Å². The predicted molar refractivity (Wildman–Crippen MR) is 88.1 cm³/mol. The first-order valence-corrected chi connectivity index (χ1v) is 7.90. The van der Waals surface area contributed by atoms with Crippen LogP contribution in [0.1, 0.15) is 19.4 Å². The van der Waals surface area contributed by atoms with Crippen LogP contribution in [0.15, 0.2) is 30.5 Å². The fourth-order valence-corrected chi connectivity index (χ4v) is 2.34. The molecule has 1 aromatic heterocycles. The van der Waals surface area contributed by atoms with Crippen molar-refractivity contribution in [1.82, 2.24) is 4.98 Å². The summed E-state index contributed by atoms with van der Waals surface area (Å²) in [5.74, 6) is -0.905. The van der Waals surface area contributed by atoms with Gasteiger partial charge in [-0.3, -0.25) is 4.98 Å². The summed E-state index contributed by atoms with van der Waals surface area (Å²) in [6.07, 6.45) is -4.84. The second-order valence-corrected chi connectivity index (χ2v) is 5.65. The number of benzene rings is 1. The Morgan fingerprint density at radius 2 is 2.04 bits per heavy atom. The molecular weight excluding hydrogens is 375 g/mol. The van der Waals surface area contributed by atoms with Crippen LogP contribution in [0, 0.1) is 0 Å². The second-order valence-electron chi connectivity index (χ2n) is 5.25. The number of hydrogen-bond acceptors (Lipinski definition) is 5. The first kappa shape index (κ1) is 19.8. The van der Waals surface area contributed by atoms with Crippen molar-refractivity contribution in [3.63, 3.8) is 0 Å². The number of nitrogens with zero attached hydrogens (tertiary/aromatic N) is 1. The summed E-state index contributed by atoms with van der Waals surface area (Å²) >= 11 is 5.89. The first-order valence-electron chi connectivity index (χ1n) is 7.53. The lowest BCUT2D eigenvalue weighted by Crippen LogP contribution is -2.26. The first-order chi connectivity index (χ1) is 12.1. The van der Waals surface area contributed by atoms with Gasteiger partial charge in [-0.2, -0.15) is 13.2 Å². The maximum atomic E-state index is 12.7. The summed E-state index contributed by atoms with van der Waals surface area (Å²) in [5, 5.41) is 9.84. The van der Waals surface area contributed by atoms with E-state index in [1.165, 1.54) is 25.1 Å². The molecule has 26 heavy (non-hydrogen) atoms. The van der Waals surface area contributed by atoms with Crippen LogP contribution in [-0.4, -0.2) is 28.8 Å². The number of carbonyl (C=O) groups excluding carboxylic acids is 1. The van der Waals surface area contributed by atoms with Crippen LogP contribution in [0.25, 0.3) is 11.3 Å². The highest BCUT2D eigenvalue weighted by molar-refractivity contribution is 6.33. The molecule has 0 aliphatic heterocycles. The zero-order chi connectivity index (χ0) is 19.5. The van der Waals surface area contributed by atoms with Crippen LogP contribution in [0.2, 0.25) is 5.02 Å². The van der Waals surface area contributed by atoms with Crippen molar-refractivity contribution in [3.05, 3.63) is 41.0 Å². The maximum Gasteiger partial charge on any atom is 0.417 e. The van der Waals surface area contributed by atoms with E-state index in [4.69, 9.17) is 21.1 Å². The fraction of sp³-hybridized carbons (Fsp3) is 0.294. The van der Waals surface area contributed by atoms with Crippen molar-refractivity contribution >= 4 is 17.6 Å². The van der Waals surface area contributed by atoms with E-state index in [1.807, 2.05) is 0 Å². The molecule has 0 aliphatic carbocycles. The van der Waals surface area contributed by atoms with Gasteiger partial charge >= 0.3 is 12.1 Å². The number of alkyl halides is 3. The average Bonchev–Trinajstić information content (AvgIpc) is 2.56. The van der Waals surface area contributed by atoms with Crippen molar-refractivity contribution in [2.24, 2.45) is 0 Å². The number of esters is 1. The van der Waals surface area contributed by atoms with Gasteiger partial charge in [0.25, 0.3) is 0 Å². The lowest BCUT2D eigenvalue weighted by atomic mass is 10.1. The number of hydrogen-bond donors (Lipinski definition) is 1. The highest BCUT2D eigenvalue weighted by atomic mass is 35.5. The molecule has 0 aliphatic rings. The Morgan fingerprint density at radius 1 is 1.35 bits per heavy atom. The van der Waals surface area contributed by atoms with Gasteiger partial charge in [0.05, 0.1) is 22.9 Å². The number of rotatable bonds is 5. The molecule has 0 saturated heterocycles. The number of phenols is 1. The van der Waals surface area contributed by atoms with E-state index in [1.54, 1.807) is 6.92 Å². The van der Waals surface area contributed by atoms with Crippen LogP contribution in [-0.2, 0) is 15.7 Å². The van der Waals surface area contributed by atoms with Gasteiger partial charge in [0, 0.05) is 11.8 Å². The maximum absolute atomic E-state index is 12.7. The zero-order valence-corrected chi connectivity index (χ0v) is 14.6. The smallest absolute Gasteiger partial charge is 0.417 e. The fourth-order valence-electron chi connectivity index (χ4n) is 2.07. The third-order valence-corrected chi connectivity index (χ3v) is 3.61. The topological polar surface area (TPSA) is 68.7 Å². The number of aromatic nitrogens is 1. The molecule has 1 heterocycles. The molecular formula is C17H15ClF3NO4. The Balaban J connectivity index is 2.26. The summed E-state index contributed by atoms with van der Waals surface area (Å²) in [5.41, 5.74) is -0.615. The molecule has 9 heteroatoms. The minimum Gasteiger partial charge on any atom is -0.504 e. The Morgan fingerprint density at radius 3 is 2.58 bits per heavy atom. The minimum atomic E-state index is -4.56. The van der Waals surface area contributed by atoms with Crippen LogP contribution in [0.3, 0.4) is 0 Å². The molecule has 0 radical (unpaired) electrons. The number of carbonyl (C=O) groups is 1. The van der Waals surface area contributed by atoms with Crippen molar-refractivity contribution in [2.45, 2.75) is 26.1 Å². The molecule has 0 saturated carbocycles. The molecule has 140 valence electrons. The van der Waals surface area contributed by atoms with Gasteiger partial charge in [-0.15, -0.1) is 0 Å². The van der Waals surface area contributed by atoms with Crippen molar-refractivity contribution in [1.29, 1.82) is 0 Å². The van der Waals surface area contributed by atoms with Gasteiger partial charge in [-0.25, -0.2) is 4.79 Å². The summed E-state index contributed by atoms with van der Waals surface area (Å²) in [6, 6.07) is 4.80. The zero-order valence-electron chi connectivity index (χ0n) is 13.8. The monoisotopic (exact) mass is 389 g/mol. The van der Waals surface area contributed by atoms with Gasteiger partial charge in [0.15, 0.2) is 17.6 Å². The summed E-state index contributed by atoms with van der Waals surface area (Å²) < 4.78 is 48.1. The van der Waals surface area contributed by atoms with Gasteiger partial charge in [-0.05, 0) is 38.1 Å². The number of phenolic OH excluding ortho intramolecular Hbond substituents is 1. The van der Waals surface area contributed by atoms with E-state index < -0.39 is 23.8 Å². The number of halogens is 4. The van der Waals surface area contributed by atoms with E-state index in [9.17, 15) is 23.1 Å². The highest BCUT2D eigenvalue weighted by Crippen LogP contribution is 2.37. The van der Waals surface area contributed by atoms with Crippen LogP contribution in [0.5, 0.6) is 11.5 Å². The quantitative estimate of drug-likeness (QED) is 0.765. The van der Waals surface area contributed by atoms with Crippen LogP contribution >= 0.6 is 11.6 Å². The average molecular weight is 390 g/mol. The lowest BCUT2D eigenvalue weighted by Gasteiger charge is -2.15. The largest absolute Gasteiger partial charge is 0.504 e. The summed E-state index contributed by atoms with van der Waals surface area (Å²) in [7, 11) is 0. The van der Waals surface area contributed by atoms with Crippen molar-refractivity contribution in [2.75, 3.05) is 6.61 Å². The normalized spacial score (nSPS) is 12.5. The third-order valence-electron chi connectivity index (χ3n) is 3.32. The number of ether oxygens (including phenoxy) is 2. The van der Waals surface area contributed by atoms with Crippen molar-refractivity contribution < 1.29 is 32.5 Å². The molecule has 2 rings (SSSR count). The Bertz CT molecular complexity index is 811. The van der Waals surface area contributed by atoms with Gasteiger partial charge in [0.1, 0.15) is 0 Å². The van der Waals surface area contributed by atoms with Gasteiger partial charge in [-0.1, -0.05) is 11.6 Å². The second kappa shape index (κ2) is 7.82. The summed E-state index contributed by atoms with van der Waals surface area (Å²) in [6.45, 7) is 3.30. The summed E-state index contributed by atoms with van der Waals surface area (Å²) in [4.78, 5) is 15.3. The molecule has 5 nitrogen and oxygen atoms in total. The number of aromatic hydroxyl groups is 1. The van der Waals surface area contributed by atoms with Crippen molar-refractivity contribution in [3.8, 4) is 22.8 Å². The molecule has 1 aromatic carbocycles. The molecule has 1 atom stereocenters. The highest BCUT2D eigenvalue weighted by Gasteiger charge is 2.31. The molecule has 0 bridgehead atoms. The molecule has 2 aromatic rings. The molecule has 1 N–H and O–H groups in total. The molecule has 1 unspecified atom stereocenters. The standard InChI is InChI=1S/C17H15ClF3NO4/c1-3-25-16(24)9(2)26-14-5-4-10(6-13(14)23)15-12(18)7-11(8-22-15)17(19,20)21/h4-9,23H,3H2,1-2H3. The lowest BCUT2D eigenvalue weighted by molar-refractivity contribution is -0.150. The predicted octanol–water partition coefficient (Wildman–Crippen LogP) is 4.46. The third kappa shape index (κ3) is 4.57. The van der Waals surface area contributed by atoms with Gasteiger partial charge < -0.3 is 14.6 Å². The van der Waals surface area contributed by atoms with Gasteiger partial charge in [0.2, 0.25) is 0 Å². The Labute approximate surface area is 152 Å². The van der Waals surface area contributed by atoms with E-state index in [-0.39, 0.29) is 34.4 Å². The van der Waals surface area contributed by atoms with E-state index in [2.05, 4.69) is 4.98 Å². The Kier molecular flexibility index (Phi) is 5.97. The van der Waals surface area contributed by atoms with Crippen LogP contribution < -0.4 is 4.74 Å².